The first-order valence-corrected chi connectivity index (χ1v) is 9.28. The molecule has 0 aromatic carbocycles. The first-order valence-electron chi connectivity index (χ1n) is 5.83. The van der Waals surface area contributed by atoms with Crippen molar-refractivity contribution in [3.05, 3.63) is 0 Å². The highest BCUT2D eigenvalue weighted by atomic mass is 28.3. The molecule has 0 aromatic heterocycles. The van der Waals surface area contributed by atoms with Gasteiger partial charge >= 0.3 is 7.12 Å². The largest absolute Gasteiger partial charge is 0.393 e. The zero-order chi connectivity index (χ0) is 10.2. The summed E-state index contributed by atoms with van der Waals surface area (Å²) in [5.74, 6) is 0. The molecule has 0 radical (unpaired) electrons. The fourth-order valence-corrected chi connectivity index (χ4v) is 4.39. The van der Waals surface area contributed by atoms with Crippen LogP contribution in [-0.2, 0) is 0 Å². The molecule has 14 heavy (non-hydrogen) atoms. The van der Waals surface area contributed by atoms with E-state index in [2.05, 4.69) is 34.2 Å². The van der Waals surface area contributed by atoms with Gasteiger partial charge in [0.15, 0.2) is 0 Å². The van der Waals surface area contributed by atoms with E-state index in [-0.39, 0.29) is 0 Å². The Bertz CT molecular complexity index is 205. The average molecular weight is 211 g/mol. The molecule has 3 nitrogen and oxygen atoms in total. The number of nitrogens with zero attached hydrogens (tertiary/aromatic N) is 2. The highest BCUT2D eigenvalue weighted by Gasteiger charge is 2.41. The van der Waals surface area contributed by atoms with Crippen molar-refractivity contribution in [3.63, 3.8) is 0 Å². The van der Waals surface area contributed by atoms with E-state index >= 15 is 0 Å². The van der Waals surface area contributed by atoms with Crippen molar-refractivity contribution in [3.8, 4) is 0 Å². The summed E-state index contributed by atoms with van der Waals surface area (Å²) in [6.45, 7) is 12.4. The van der Waals surface area contributed by atoms with Gasteiger partial charge in [-0.1, -0.05) is 19.6 Å². The number of hydrogen-bond acceptors (Lipinski definition) is 3. The molecule has 0 amide bonds. The van der Waals surface area contributed by atoms with Gasteiger partial charge in [0.2, 0.25) is 0 Å². The number of rotatable bonds is 1. The van der Waals surface area contributed by atoms with Crippen LogP contribution in [0.15, 0.2) is 0 Å². The zero-order valence-corrected chi connectivity index (χ0v) is 10.7. The van der Waals surface area contributed by atoms with Crippen molar-refractivity contribution in [2.75, 3.05) is 26.2 Å². The molecular weight excluding hydrogens is 189 g/mol. The van der Waals surface area contributed by atoms with Gasteiger partial charge in [-0.3, -0.25) is 0 Å². The highest BCUT2D eigenvalue weighted by molar-refractivity contribution is 6.81. The van der Waals surface area contributed by atoms with Crippen LogP contribution in [0.1, 0.15) is 12.8 Å². The molecule has 0 aromatic rings. The van der Waals surface area contributed by atoms with Gasteiger partial charge in [-0.05, 0) is 39.0 Å². The molecule has 2 aliphatic rings. The second-order valence-corrected chi connectivity index (χ2v) is 10.4. The molecule has 0 bridgehead atoms. The maximum absolute atomic E-state index is 3.66. The third kappa shape index (κ3) is 2.05. The van der Waals surface area contributed by atoms with Crippen LogP contribution in [-0.4, -0.2) is 50.8 Å². The molecule has 1 N–H and O–H groups in total. The second kappa shape index (κ2) is 3.96. The maximum Gasteiger partial charge on any atom is 0.393 e. The van der Waals surface area contributed by atoms with Gasteiger partial charge in [0, 0.05) is 0 Å². The minimum Gasteiger partial charge on any atom is -0.336 e. The summed E-state index contributed by atoms with van der Waals surface area (Å²) in [6, 6.07) is 0. The Labute approximate surface area is 89.1 Å². The van der Waals surface area contributed by atoms with Crippen LogP contribution in [0.2, 0.25) is 19.6 Å². The van der Waals surface area contributed by atoms with Crippen molar-refractivity contribution < 1.29 is 0 Å². The summed E-state index contributed by atoms with van der Waals surface area (Å²) in [5.41, 5.74) is 0. The summed E-state index contributed by atoms with van der Waals surface area (Å²) in [4.78, 5) is 2.62. The smallest absolute Gasteiger partial charge is 0.336 e. The molecule has 2 fully saturated rings. The Balaban J connectivity index is 2.09. The van der Waals surface area contributed by atoms with Crippen LogP contribution in [0, 0.1) is 0 Å². The molecule has 2 saturated heterocycles. The van der Waals surface area contributed by atoms with Crippen LogP contribution < -0.4 is 5.23 Å². The van der Waals surface area contributed by atoms with E-state index in [4.69, 9.17) is 0 Å². The van der Waals surface area contributed by atoms with Crippen LogP contribution in [0.25, 0.3) is 0 Å². The Morgan fingerprint density at radius 1 is 1.07 bits per heavy atom. The molecule has 0 atom stereocenters. The van der Waals surface area contributed by atoms with E-state index in [1.807, 2.05) is 0 Å². The molecule has 0 spiro atoms. The summed E-state index contributed by atoms with van der Waals surface area (Å²) < 4.78 is 2.73. The first-order chi connectivity index (χ1) is 6.59. The molecule has 2 heterocycles. The maximum atomic E-state index is 3.66. The van der Waals surface area contributed by atoms with Gasteiger partial charge in [0.25, 0.3) is 0 Å². The van der Waals surface area contributed by atoms with Gasteiger partial charge < -0.3 is 14.5 Å². The summed E-state index contributed by atoms with van der Waals surface area (Å²) >= 11 is 0. The predicted molar refractivity (Wildman–Crippen MR) is 64.6 cm³/mol. The minimum absolute atomic E-state index is 0.559. The lowest BCUT2D eigenvalue weighted by Gasteiger charge is -2.49. The van der Waals surface area contributed by atoms with Gasteiger partial charge in [0.05, 0.1) is 0 Å². The van der Waals surface area contributed by atoms with Crippen LogP contribution >= 0.6 is 0 Å². The molecule has 80 valence electrons. The predicted octanol–water partition coefficient (Wildman–Crippen LogP) is 0.807. The monoisotopic (exact) mass is 211 g/mol. The van der Waals surface area contributed by atoms with E-state index in [0.29, 0.717) is 7.12 Å². The van der Waals surface area contributed by atoms with Gasteiger partial charge in [-0.15, -0.1) is 0 Å². The fraction of sp³-hybridized carbons (Fsp3) is 1.00. The second-order valence-electron chi connectivity index (χ2n) is 5.44. The molecular formula is C9H22BN3Si. The van der Waals surface area contributed by atoms with Gasteiger partial charge in [-0.2, -0.15) is 0 Å². The van der Waals surface area contributed by atoms with E-state index in [0.717, 1.165) is 0 Å². The van der Waals surface area contributed by atoms with Gasteiger partial charge in [0.1, 0.15) is 8.24 Å². The lowest BCUT2D eigenvalue weighted by atomic mass is 9.83. The summed E-state index contributed by atoms with van der Waals surface area (Å²) in [7, 11) is -0.576. The van der Waals surface area contributed by atoms with E-state index in [9.17, 15) is 0 Å². The highest BCUT2D eigenvalue weighted by Crippen LogP contribution is 2.19. The Kier molecular flexibility index (Phi) is 3.02. The normalized spacial score (nSPS) is 26.4. The van der Waals surface area contributed by atoms with Crippen molar-refractivity contribution >= 4 is 15.4 Å². The molecule has 0 aliphatic carbocycles. The van der Waals surface area contributed by atoms with Crippen molar-refractivity contribution in [1.82, 2.24) is 14.5 Å². The molecule has 5 heteroatoms. The van der Waals surface area contributed by atoms with Crippen molar-refractivity contribution in [2.24, 2.45) is 0 Å². The average Bonchev–Trinajstić information content (AvgIpc) is 2.15. The lowest BCUT2D eigenvalue weighted by Crippen LogP contribution is -2.72. The molecule has 2 rings (SSSR count). The van der Waals surface area contributed by atoms with Crippen molar-refractivity contribution in [1.29, 1.82) is 0 Å². The quantitative estimate of drug-likeness (QED) is 0.647. The minimum atomic E-state index is -1.14. The van der Waals surface area contributed by atoms with Crippen molar-refractivity contribution in [2.45, 2.75) is 32.5 Å². The van der Waals surface area contributed by atoms with Gasteiger partial charge in [-0.25, -0.2) is 0 Å². The topological polar surface area (TPSA) is 18.5 Å². The van der Waals surface area contributed by atoms with E-state index in [1.54, 1.807) is 0 Å². The lowest BCUT2D eigenvalue weighted by molar-refractivity contribution is 0.302. The number of fused-ring (bicyclic) bond motifs is 1. The Morgan fingerprint density at radius 2 is 1.79 bits per heavy atom. The van der Waals surface area contributed by atoms with E-state index < -0.39 is 8.24 Å². The third-order valence-corrected chi connectivity index (χ3v) is 5.49. The molecule has 0 unspecified atom stereocenters. The standard InChI is InChI=1S/C9H22BN3Si/c1-14(2,3)13-9-5-8-12-7-4-6-11-10(12)13/h11H,4-9H2,1-3H3. The molecule has 2 aliphatic heterocycles. The fourth-order valence-electron chi connectivity index (χ4n) is 2.57. The number of hydrogen-bond donors (Lipinski definition) is 1. The Morgan fingerprint density at radius 3 is 2.50 bits per heavy atom. The summed E-state index contributed by atoms with van der Waals surface area (Å²) in [5, 5.41) is 3.66. The molecule has 0 saturated carbocycles. The van der Waals surface area contributed by atoms with Crippen LogP contribution in [0.3, 0.4) is 0 Å². The SMILES string of the molecule is C[Si](C)(C)N1CCCN2CCCNB21. The van der Waals surface area contributed by atoms with Crippen LogP contribution in [0.4, 0.5) is 0 Å². The van der Waals surface area contributed by atoms with Crippen LogP contribution in [0.5, 0.6) is 0 Å². The van der Waals surface area contributed by atoms with E-state index in [1.165, 1.54) is 39.0 Å². The summed E-state index contributed by atoms with van der Waals surface area (Å²) in [6.07, 6.45) is 2.67. The Hall–Kier alpha value is 0.162. The zero-order valence-electron chi connectivity index (χ0n) is 9.71. The first kappa shape index (κ1) is 10.7. The number of nitrogens with one attached hydrogen (secondary N) is 1. The third-order valence-electron chi connectivity index (χ3n) is 3.30.